The first-order valence-corrected chi connectivity index (χ1v) is 5.96. The van der Waals surface area contributed by atoms with Gasteiger partial charge in [0.15, 0.2) is 5.84 Å². The largest absolute Gasteiger partial charge is 0.409 e. The lowest BCUT2D eigenvalue weighted by molar-refractivity contribution is -0.115. The number of nitrogens with zero attached hydrogens (tertiary/aromatic N) is 2. The lowest BCUT2D eigenvalue weighted by atomic mass is 10.1. The van der Waals surface area contributed by atoms with Crippen LogP contribution in [0.2, 0.25) is 0 Å². The normalized spacial score (nSPS) is 11.1. The molecule has 6 nitrogen and oxygen atoms in total. The van der Waals surface area contributed by atoms with Gasteiger partial charge in [-0.05, 0) is 17.7 Å². The minimum absolute atomic E-state index is 0.0383. The highest BCUT2D eigenvalue weighted by atomic mass is 16.4. The molecule has 0 bridgehead atoms. The third-order valence-electron chi connectivity index (χ3n) is 2.67. The molecule has 0 atom stereocenters. The number of amides is 1. The van der Waals surface area contributed by atoms with Gasteiger partial charge in [-0.25, -0.2) is 0 Å². The Labute approximate surface area is 115 Å². The molecule has 1 aromatic carbocycles. The Morgan fingerprint density at radius 2 is 2.05 bits per heavy atom. The SMILES string of the molecule is NC(=NO)c1ccc(CC(=O)Nc2cccnc2)cc1. The molecule has 6 heteroatoms. The van der Waals surface area contributed by atoms with Gasteiger partial charge in [-0.15, -0.1) is 0 Å². The average Bonchev–Trinajstić information content (AvgIpc) is 2.48. The van der Waals surface area contributed by atoms with Gasteiger partial charge in [0.2, 0.25) is 5.91 Å². The third-order valence-corrected chi connectivity index (χ3v) is 2.67. The lowest BCUT2D eigenvalue weighted by Gasteiger charge is -2.05. The van der Waals surface area contributed by atoms with E-state index in [4.69, 9.17) is 10.9 Å². The number of rotatable bonds is 4. The molecule has 2 rings (SSSR count). The average molecular weight is 270 g/mol. The van der Waals surface area contributed by atoms with E-state index in [0.29, 0.717) is 11.3 Å². The van der Waals surface area contributed by atoms with Crippen molar-refractivity contribution in [3.05, 3.63) is 59.9 Å². The van der Waals surface area contributed by atoms with Crippen LogP contribution >= 0.6 is 0 Å². The maximum atomic E-state index is 11.8. The number of anilines is 1. The van der Waals surface area contributed by atoms with Gasteiger partial charge in [0.1, 0.15) is 0 Å². The van der Waals surface area contributed by atoms with E-state index in [1.165, 1.54) is 0 Å². The lowest BCUT2D eigenvalue weighted by Crippen LogP contribution is -2.15. The van der Waals surface area contributed by atoms with Crippen molar-refractivity contribution in [3.63, 3.8) is 0 Å². The Bertz CT molecular complexity index is 609. The van der Waals surface area contributed by atoms with Crippen LogP contribution in [-0.2, 0) is 11.2 Å². The summed E-state index contributed by atoms with van der Waals surface area (Å²) in [6, 6.07) is 10.4. The molecule has 0 aliphatic heterocycles. The molecular weight excluding hydrogens is 256 g/mol. The number of amidine groups is 1. The quantitative estimate of drug-likeness (QED) is 0.338. The predicted molar refractivity (Wildman–Crippen MR) is 75.5 cm³/mol. The summed E-state index contributed by atoms with van der Waals surface area (Å²) in [7, 11) is 0. The highest BCUT2D eigenvalue weighted by Gasteiger charge is 2.05. The van der Waals surface area contributed by atoms with Gasteiger partial charge < -0.3 is 16.3 Å². The molecule has 2 aromatic rings. The van der Waals surface area contributed by atoms with E-state index >= 15 is 0 Å². The van der Waals surface area contributed by atoms with Crippen molar-refractivity contribution in [2.75, 3.05) is 5.32 Å². The second kappa shape index (κ2) is 6.33. The van der Waals surface area contributed by atoms with Gasteiger partial charge in [0.25, 0.3) is 0 Å². The van der Waals surface area contributed by atoms with Crippen LogP contribution in [0.5, 0.6) is 0 Å². The van der Waals surface area contributed by atoms with Crippen molar-refractivity contribution in [1.29, 1.82) is 0 Å². The number of nitrogens with two attached hydrogens (primary N) is 1. The van der Waals surface area contributed by atoms with E-state index in [0.717, 1.165) is 5.56 Å². The molecule has 1 heterocycles. The molecular formula is C14H14N4O2. The van der Waals surface area contributed by atoms with Gasteiger partial charge in [-0.1, -0.05) is 29.4 Å². The standard InChI is InChI=1S/C14H14N4O2/c15-14(18-20)11-5-3-10(4-6-11)8-13(19)17-12-2-1-7-16-9-12/h1-7,9,20H,8H2,(H2,15,18)(H,17,19). The Balaban J connectivity index is 1.98. The van der Waals surface area contributed by atoms with Crippen LogP contribution in [0.3, 0.4) is 0 Å². The molecule has 20 heavy (non-hydrogen) atoms. The summed E-state index contributed by atoms with van der Waals surface area (Å²) in [6.07, 6.45) is 3.46. The van der Waals surface area contributed by atoms with Crippen LogP contribution in [0.15, 0.2) is 53.9 Å². The molecule has 102 valence electrons. The first-order chi connectivity index (χ1) is 9.69. The van der Waals surface area contributed by atoms with Crippen LogP contribution in [0.25, 0.3) is 0 Å². The van der Waals surface area contributed by atoms with Gasteiger partial charge in [-0.2, -0.15) is 0 Å². The summed E-state index contributed by atoms with van der Waals surface area (Å²) < 4.78 is 0. The third kappa shape index (κ3) is 3.55. The van der Waals surface area contributed by atoms with E-state index in [1.807, 2.05) is 0 Å². The summed E-state index contributed by atoms with van der Waals surface area (Å²) in [5.41, 5.74) is 7.55. The maximum absolute atomic E-state index is 11.8. The molecule has 1 amide bonds. The molecule has 0 saturated heterocycles. The van der Waals surface area contributed by atoms with Crippen LogP contribution in [0.1, 0.15) is 11.1 Å². The van der Waals surface area contributed by atoms with E-state index in [2.05, 4.69) is 15.5 Å². The van der Waals surface area contributed by atoms with Crippen LogP contribution in [-0.4, -0.2) is 21.9 Å². The fraction of sp³-hybridized carbons (Fsp3) is 0.0714. The van der Waals surface area contributed by atoms with Crippen molar-refractivity contribution in [1.82, 2.24) is 4.98 Å². The first kappa shape index (κ1) is 13.5. The van der Waals surface area contributed by atoms with E-state index in [1.54, 1.807) is 48.8 Å². The summed E-state index contributed by atoms with van der Waals surface area (Å²) >= 11 is 0. The molecule has 4 N–H and O–H groups in total. The number of aromatic nitrogens is 1. The summed E-state index contributed by atoms with van der Waals surface area (Å²) in [5, 5.41) is 14.2. The molecule has 0 aliphatic carbocycles. The van der Waals surface area contributed by atoms with Crippen molar-refractivity contribution < 1.29 is 10.0 Å². The number of pyridine rings is 1. The second-order valence-corrected chi connectivity index (χ2v) is 4.15. The Morgan fingerprint density at radius 1 is 1.30 bits per heavy atom. The van der Waals surface area contributed by atoms with E-state index in [-0.39, 0.29) is 18.2 Å². The number of hydrogen-bond acceptors (Lipinski definition) is 4. The maximum Gasteiger partial charge on any atom is 0.228 e. The fourth-order valence-corrected chi connectivity index (χ4v) is 1.68. The molecule has 0 saturated carbocycles. The second-order valence-electron chi connectivity index (χ2n) is 4.15. The predicted octanol–water partition coefficient (Wildman–Crippen LogP) is 1.36. The van der Waals surface area contributed by atoms with Crippen molar-refractivity contribution in [2.24, 2.45) is 10.9 Å². The zero-order chi connectivity index (χ0) is 14.4. The van der Waals surface area contributed by atoms with Crippen molar-refractivity contribution in [2.45, 2.75) is 6.42 Å². The van der Waals surface area contributed by atoms with Gasteiger partial charge >= 0.3 is 0 Å². The number of hydrogen-bond donors (Lipinski definition) is 3. The highest BCUT2D eigenvalue weighted by molar-refractivity contribution is 5.97. The number of benzene rings is 1. The molecule has 0 unspecified atom stereocenters. The minimum atomic E-state index is -0.130. The molecule has 0 spiro atoms. The van der Waals surface area contributed by atoms with Gasteiger partial charge in [-0.3, -0.25) is 9.78 Å². The van der Waals surface area contributed by atoms with E-state index < -0.39 is 0 Å². The smallest absolute Gasteiger partial charge is 0.228 e. The van der Waals surface area contributed by atoms with Gasteiger partial charge in [0, 0.05) is 11.8 Å². The monoisotopic (exact) mass is 270 g/mol. The summed E-state index contributed by atoms with van der Waals surface area (Å²) in [4.78, 5) is 15.7. The van der Waals surface area contributed by atoms with Crippen LogP contribution in [0, 0.1) is 0 Å². The van der Waals surface area contributed by atoms with Crippen molar-refractivity contribution in [3.8, 4) is 0 Å². The topological polar surface area (TPSA) is 101 Å². The molecule has 0 aliphatic rings. The summed E-state index contributed by atoms with van der Waals surface area (Å²) in [6.45, 7) is 0. The molecule has 0 fully saturated rings. The highest BCUT2D eigenvalue weighted by Crippen LogP contribution is 2.08. The first-order valence-electron chi connectivity index (χ1n) is 5.96. The Kier molecular flexibility index (Phi) is 4.28. The number of carbonyl (C=O) groups excluding carboxylic acids is 1. The van der Waals surface area contributed by atoms with Crippen LogP contribution < -0.4 is 11.1 Å². The van der Waals surface area contributed by atoms with E-state index in [9.17, 15) is 4.79 Å². The van der Waals surface area contributed by atoms with Crippen molar-refractivity contribution >= 4 is 17.4 Å². The molecule has 1 aromatic heterocycles. The zero-order valence-corrected chi connectivity index (χ0v) is 10.7. The number of oxime groups is 1. The Morgan fingerprint density at radius 3 is 2.65 bits per heavy atom. The molecule has 0 radical (unpaired) electrons. The number of carbonyl (C=O) groups is 1. The Hall–Kier alpha value is -2.89. The zero-order valence-electron chi connectivity index (χ0n) is 10.7. The minimum Gasteiger partial charge on any atom is -0.409 e. The van der Waals surface area contributed by atoms with Gasteiger partial charge in [0.05, 0.1) is 18.3 Å². The fourth-order valence-electron chi connectivity index (χ4n) is 1.68. The summed E-state index contributed by atoms with van der Waals surface area (Å²) in [5.74, 6) is -0.0918. The van der Waals surface area contributed by atoms with Crippen LogP contribution in [0.4, 0.5) is 5.69 Å². The number of nitrogens with one attached hydrogen (secondary N) is 1.